The standard InChI is InChI=1S/C12H18N4O3/c1-4-13-10(17)7-16(5-2)12-14-6-9(11(18)19)8(3)15-12/h6H,4-5,7H2,1-3H3,(H,13,17)(H,18,19). The van der Waals surface area contributed by atoms with E-state index in [9.17, 15) is 9.59 Å². The van der Waals surface area contributed by atoms with Gasteiger partial charge < -0.3 is 15.3 Å². The van der Waals surface area contributed by atoms with Crippen molar-refractivity contribution in [3.05, 3.63) is 17.5 Å². The Morgan fingerprint density at radius 3 is 2.58 bits per heavy atom. The Morgan fingerprint density at radius 1 is 1.42 bits per heavy atom. The van der Waals surface area contributed by atoms with Crippen LogP contribution >= 0.6 is 0 Å². The minimum Gasteiger partial charge on any atom is -0.478 e. The van der Waals surface area contributed by atoms with Gasteiger partial charge in [0.25, 0.3) is 0 Å². The molecule has 0 aliphatic carbocycles. The van der Waals surface area contributed by atoms with Crippen LogP contribution in [0.3, 0.4) is 0 Å². The van der Waals surface area contributed by atoms with E-state index in [0.717, 1.165) is 0 Å². The molecule has 0 aliphatic heterocycles. The molecule has 1 aromatic rings. The molecule has 0 bridgehead atoms. The summed E-state index contributed by atoms with van der Waals surface area (Å²) in [4.78, 5) is 32.2. The molecule has 104 valence electrons. The third-order valence-corrected chi connectivity index (χ3v) is 2.57. The van der Waals surface area contributed by atoms with Crippen molar-refractivity contribution in [3.63, 3.8) is 0 Å². The third kappa shape index (κ3) is 3.90. The Hall–Kier alpha value is -2.18. The molecule has 1 heterocycles. The van der Waals surface area contributed by atoms with E-state index in [0.29, 0.717) is 24.7 Å². The van der Waals surface area contributed by atoms with Crippen LogP contribution < -0.4 is 10.2 Å². The van der Waals surface area contributed by atoms with Crippen LogP contribution in [0.15, 0.2) is 6.20 Å². The van der Waals surface area contributed by atoms with Gasteiger partial charge in [-0.25, -0.2) is 14.8 Å². The second kappa shape index (κ2) is 6.67. The number of carboxylic acid groups (broad SMARTS) is 1. The van der Waals surface area contributed by atoms with Crippen LogP contribution in [0.25, 0.3) is 0 Å². The molecular formula is C12H18N4O3. The van der Waals surface area contributed by atoms with Crippen molar-refractivity contribution in [2.24, 2.45) is 0 Å². The van der Waals surface area contributed by atoms with E-state index in [4.69, 9.17) is 5.11 Å². The summed E-state index contributed by atoms with van der Waals surface area (Å²) in [6.45, 7) is 6.60. The summed E-state index contributed by atoms with van der Waals surface area (Å²) in [6, 6.07) is 0. The summed E-state index contributed by atoms with van der Waals surface area (Å²) in [5.41, 5.74) is 0.449. The minimum absolute atomic E-state index is 0.0674. The molecule has 0 aliphatic rings. The fraction of sp³-hybridized carbons (Fsp3) is 0.500. The van der Waals surface area contributed by atoms with Crippen molar-refractivity contribution < 1.29 is 14.7 Å². The maximum atomic E-state index is 11.5. The van der Waals surface area contributed by atoms with Crippen LogP contribution in [0.1, 0.15) is 29.9 Å². The Balaban J connectivity index is 2.90. The van der Waals surface area contributed by atoms with Crippen molar-refractivity contribution >= 4 is 17.8 Å². The first-order valence-corrected chi connectivity index (χ1v) is 6.08. The molecule has 0 spiro atoms. The molecule has 0 saturated heterocycles. The highest BCUT2D eigenvalue weighted by Gasteiger charge is 2.15. The number of hydrogen-bond acceptors (Lipinski definition) is 5. The van der Waals surface area contributed by atoms with E-state index in [1.54, 1.807) is 11.8 Å². The number of aromatic carboxylic acids is 1. The summed E-state index contributed by atoms with van der Waals surface area (Å²) in [7, 11) is 0. The zero-order chi connectivity index (χ0) is 14.4. The lowest BCUT2D eigenvalue weighted by Crippen LogP contribution is -2.38. The number of anilines is 1. The monoisotopic (exact) mass is 266 g/mol. The van der Waals surface area contributed by atoms with Crippen molar-refractivity contribution in [1.82, 2.24) is 15.3 Å². The van der Waals surface area contributed by atoms with Crippen LogP contribution in [0.4, 0.5) is 5.95 Å². The van der Waals surface area contributed by atoms with E-state index in [1.807, 2.05) is 13.8 Å². The zero-order valence-electron chi connectivity index (χ0n) is 11.3. The quantitative estimate of drug-likeness (QED) is 0.776. The number of amides is 1. The van der Waals surface area contributed by atoms with Gasteiger partial charge in [-0.1, -0.05) is 0 Å². The minimum atomic E-state index is -1.06. The number of aryl methyl sites for hydroxylation is 1. The van der Waals surface area contributed by atoms with Gasteiger partial charge in [0.15, 0.2) is 0 Å². The zero-order valence-corrected chi connectivity index (χ0v) is 11.3. The van der Waals surface area contributed by atoms with Gasteiger partial charge in [-0.05, 0) is 20.8 Å². The Morgan fingerprint density at radius 2 is 2.11 bits per heavy atom. The van der Waals surface area contributed by atoms with Gasteiger partial charge in [0.1, 0.15) is 0 Å². The normalized spacial score (nSPS) is 10.1. The number of aromatic nitrogens is 2. The molecule has 0 fully saturated rings. The molecule has 0 radical (unpaired) electrons. The summed E-state index contributed by atoms with van der Waals surface area (Å²) < 4.78 is 0. The van der Waals surface area contributed by atoms with Crippen molar-refractivity contribution in [2.75, 3.05) is 24.5 Å². The van der Waals surface area contributed by atoms with E-state index >= 15 is 0 Å². The van der Waals surface area contributed by atoms with Gasteiger partial charge in [-0.15, -0.1) is 0 Å². The maximum absolute atomic E-state index is 11.5. The predicted octanol–water partition coefficient (Wildman–Crippen LogP) is 0.446. The first-order valence-electron chi connectivity index (χ1n) is 6.08. The third-order valence-electron chi connectivity index (χ3n) is 2.57. The SMILES string of the molecule is CCNC(=O)CN(CC)c1ncc(C(=O)O)c(C)n1. The van der Waals surface area contributed by atoms with Crippen LogP contribution in [-0.2, 0) is 4.79 Å². The summed E-state index contributed by atoms with van der Waals surface area (Å²) in [6.07, 6.45) is 1.26. The lowest BCUT2D eigenvalue weighted by atomic mass is 10.2. The van der Waals surface area contributed by atoms with E-state index in [1.165, 1.54) is 6.20 Å². The average molecular weight is 266 g/mol. The Kier molecular flexibility index (Phi) is 5.23. The van der Waals surface area contributed by atoms with Gasteiger partial charge in [0.05, 0.1) is 17.8 Å². The highest BCUT2D eigenvalue weighted by molar-refractivity contribution is 5.88. The number of carbonyl (C=O) groups is 2. The van der Waals surface area contributed by atoms with Crippen molar-refractivity contribution in [1.29, 1.82) is 0 Å². The van der Waals surface area contributed by atoms with Crippen molar-refractivity contribution in [3.8, 4) is 0 Å². The number of likely N-dealkylation sites (N-methyl/N-ethyl adjacent to an activating group) is 2. The molecule has 0 unspecified atom stereocenters. The van der Waals surface area contributed by atoms with Crippen LogP contribution in [-0.4, -0.2) is 46.6 Å². The second-order valence-electron chi connectivity index (χ2n) is 3.94. The molecule has 19 heavy (non-hydrogen) atoms. The van der Waals surface area contributed by atoms with Crippen LogP contribution in [0.5, 0.6) is 0 Å². The Bertz CT molecular complexity index is 476. The number of carbonyl (C=O) groups excluding carboxylic acids is 1. The summed E-state index contributed by atoms with van der Waals surface area (Å²) >= 11 is 0. The topological polar surface area (TPSA) is 95.4 Å². The number of nitrogens with one attached hydrogen (secondary N) is 1. The lowest BCUT2D eigenvalue weighted by molar-refractivity contribution is -0.119. The smallest absolute Gasteiger partial charge is 0.339 e. The molecule has 1 aromatic heterocycles. The molecular weight excluding hydrogens is 248 g/mol. The number of nitrogens with zero attached hydrogens (tertiary/aromatic N) is 3. The molecule has 1 rings (SSSR count). The van der Waals surface area contributed by atoms with Gasteiger partial charge in [-0.3, -0.25) is 4.79 Å². The highest BCUT2D eigenvalue weighted by Crippen LogP contribution is 2.11. The van der Waals surface area contributed by atoms with Crippen molar-refractivity contribution in [2.45, 2.75) is 20.8 Å². The highest BCUT2D eigenvalue weighted by atomic mass is 16.4. The number of carboxylic acids is 1. The molecule has 0 atom stereocenters. The molecule has 2 N–H and O–H groups in total. The number of rotatable bonds is 6. The molecule has 7 heteroatoms. The molecule has 0 saturated carbocycles. The van der Waals surface area contributed by atoms with Gasteiger partial charge >= 0.3 is 5.97 Å². The fourth-order valence-electron chi connectivity index (χ4n) is 1.57. The maximum Gasteiger partial charge on any atom is 0.339 e. The first-order chi connectivity index (χ1) is 8.99. The second-order valence-corrected chi connectivity index (χ2v) is 3.94. The van der Waals surface area contributed by atoms with E-state index in [-0.39, 0.29) is 18.0 Å². The fourth-order valence-corrected chi connectivity index (χ4v) is 1.57. The molecule has 1 amide bonds. The van der Waals surface area contributed by atoms with Crippen LogP contribution in [0, 0.1) is 6.92 Å². The molecule has 0 aromatic carbocycles. The molecule has 7 nitrogen and oxygen atoms in total. The summed E-state index contributed by atoms with van der Waals surface area (Å²) in [5.74, 6) is -0.819. The van der Waals surface area contributed by atoms with E-state index < -0.39 is 5.97 Å². The largest absolute Gasteiger partial charge is 0.478 e. The van der Waals surface area contributed by atoms with Gasteiger partial charge in [-0.2, -0.15) is 0 Å². The Labute approximate surface area is 111 Å². The van der Waals surface area contributed by atoms with E-state index in [2.05, 4.69) is 15.3 Å². The number of hydrogen-bond donors (Lipinski definition) is 2. The van der Waals surface area contributed by atoms with Gasteiger partial charge in [0, 0.05) is 19.3 Å². The summed E-state index contributed by atoms with van der Waals surface area (Å²) in [5, 5.41) is 11.6. The average Bonchev–Trinajstić information content (AvgIpc) is 2.35. The van der Waals surface area contributed by atoms with Crippen LogP contribution in [0.2, 0.25) is 0 Å². The first kappa shape index (κ1) is 14.9. The van der Waals surface area contributed by atoms with Gasteiger partial charge in [0.2, 0.25) is 11.9 Å². The lowest BCUT2D eigenvalue weighted by Gasteiger charge is -2.20. The predicted molar refractivity (Wildman–Crippen MR) is 70.3 cm³/mol.